The van der Waals surface area contributed by atoms with Crippen LogP contribution in [0, 0.1) is 0 Å². The number of rotatable bonds is 2. The minimum atomic E-state index is -4.49. The topological polar surface area (TPSA) is 6.48 Å². The summed E-state index contributed by atoms with van der Waals surface area (Å²) in [6.45, 7) is -0.235. The van der Waals surface area contributed by atoms with E-state index in [2.05, 4.69) is 216 Å². The number of anilines is 6. The van der Waals surface area contributed by atoms with Gasteiger partial charge >= 0.3 is 6.18 Å². The number of alkyl halides is 3. The Kier molecular flexibility index (Phi) is 7.79. The highest BCUT2D eigenvalue weighted by atomic mass is 32.1. The Labute approximate surface area is 430 Å². The third-order valence-corrected chi connectivity index (χ3v) is 18.6. The molecular weight excluding hydrogens is 933 g/mol. The molecule has 6 aliphatic rings. The van der Waals surface area contributed by atoms with Gasteiger partial charge < -0.3 is 9.80 Å². The van der Waals surface area contributed by atoms with Crippen molar-refractivity contribution in [3.8, 4) is 44.5 Å². The Morgan fingerprint density at radius 1 is 0.378 bits per heavy atom. The average molecular weight is 971 g/mol. The molecular formula is C67H38BF3N2S. The van der Waals surface area contributed by atoms with Crippen LogP contribution in [0.4, 0.5) is 47.3 Å². The predicted molar refractivity (Wildman–Crippen MR) is 296 cm³/mol. The van der Waals surface area contributed by atoms with Gasteiger partial charge in [0.1, 0.15) is 0 Å². The number of benzene rings is 10. The van der Waals surface area contributed by atoms with Crippen LogP contribution in [0.25, 0.3) is 44.5 Å². The van der Waals surface area contributed by atoms with Gasteiger partial charge in [0.2, 0.25) is 0 Å². The maximum absolute atomic E-state index is 14.5. The molecule has 346 valence electrons. The van der Waals surface area contributed by atoms with Crippen molar-refractivity contribution in [1.82, 2.24) is 0 Å². The summed E-state index contributed by atoms with van der Waals surface area (Å²) in [4.78, 5) is 6.06. The van der Waals surface area contributed by atoms with Crippen LogP contribution in [0.3, 0.4) is 0 Å². The Morgan fingerprint density at radius 3 is 1.36 bits per heavy atom. The van der Waals surface area contributed by atoms with E-state index in [1.54, 1.807) is 12.1 Å². The molecule has 74 heavy (non-hydrogen) atoms. The molecule has 0 saturated heterocycles. The molecule has 4 aliphatic carbocycles. The summed E-state index contributed by atoms with van der Waals surface area (Å²) in [6.07, 6.45) is -4.49. The summed E-state index contributed by atoms with van der Waals surface area (Å²) in [5.41, 5.74) is 24.8. The zero-order valence-corrected chi connectivity index (χ0v) is 40.3. The first-order chi connectivity index (χ1) is 36.4. The van der Waals surface area contributed by atoms with Gasteiger partial charge in [-0.2, -0.15) is 13.2 Å². The number of hydrogen-bond acceptors (Lipinski definition) is 3. The molecule has 10 aromatic carbocycles. The van der Waals surface area contributed by atoms with Crippen molar-refractivity contribution in [3.05, 3.63) is 280 Å². The molecule has 0 atom stereocenters. The van der Waals surface area contributed by atoms with Crippen LogP contribution in [-0.2, 0) is 17.0 Å². The molecule has 11 aromatic rings. The summed E-state index contributed by atoms with van der Waals surface area (Å²) in [6, 6.07) is 81.5. The normalized spacial score (nSPS) is 15.4. The quantitative estimate of drug-likeness (QED) is 0.159. The Morgan fingerprint density at radius 2 is 0.824 bits per heavy atom. The van der Waals surface area contributed by atoms with E-state index in [1.165, 1.54) is 111 Å². The minimum Gasteiger partial charge on any atom is -0.311 e. The van der Waals surface area contributed by atoms with Crippen molar-refractivity contribution < 1.29 is 13.2 Å². The van der Waals surface area contributed by atoms with E-state index in [-0.39, 0.29) is 6.71 Å². The average Bonchev–Trinajstić information content (AvgIpc) is 4.40. The third-order valence-electron chi connectivity index (χ3n) is 17.3. The lowest BCUT2D eigenvalue weighted by Crippen LogP contribution is -2.60. The molecule has 0 bridgehead atoms. The second-order valence-corrected chi connectivity index (χ2v) is 21.5. The van der Waals surface area contributed by atoms with Gasteiger partial charge in [0.25, 0.3) is 6.71 Å². The smallest absolute Gasteiger partial charge is 0.311 e. The van der Waals surface area contributed by atoms with Crippen molar-refractivity contribution in [2.75, 3.05) is 9.80 Å². The highest BCUT2D eigenvalue weighted by Gasteiger charge is 2.58. The fourth-order valence-electron chi connectivity index (χ4n) is 14.7. The second kappa shape index (κ2) is 14.1. The van der Waals surface area contributed by atoms with Crippen LogP contribution in [0.2, 0.25) is 0 Å². The van der Waals surface area contributed by atoms with E-state index in [9.17, 15) is 13.2 Å². The van der Waals surface area contributed by atoms with E-state index in [4.69, 9.17) is 0 Å². The zero-order valence-electron chi connectivity index (χ0n) is 39.5. The van der Waals surface area contributed by atoms with Gasteiger partial charge in [-0.05, 0) is 143 Å². The van der Waals surface area contributed by atoms with Crippen molar-refractivity contribution in [1.29, 1.82) is 0 Å². The van der Waals surface area contributed by atoms with Gasteiger partial charge in [-0.3, -0.25) is 0 Å². The minimum absolute atomic E-state index is 0.235. The highest BCUT2D eigenvalue weighted by molar-refractivity contribution is 7.30. The second-order valence-electron chi connectivity index (χ2n) is 20.4. The molecule has 1 aromatic heterocycles. The van der Waals surface area contributed by atoms with Crippen LogP contribution in [0.1, 0.15) is 49.4 Å². The number of para-hydroxylation sites is 1. The molecule has 3 heterocycles. The first-order valence-corrected chi connectivity index (χ1v) is 26.1. The van der Waals surface area contributed by atoms with Crippen LogP contribution >= 0.6 is 11.3 Å². The molecule has 0 radical (unpaired) electrons. The standard InChI is InChI=1S/C67H38BF3N2S/c69-67(70,71)39-33-35-41(36-34-39)72-57-31-16-32-58-61(57)68(56-37-48-46-23-8-12-27-51(46)65(55(48)38-59(56)72)49-25-10-4-19-42(49)43-20-5-11-26-50(43)65)64-62(73(58)40-17-2-1-3-18-40)60-47-24-9-15-30-54(47)66(63(60)74-64)52-28-13-6-21-44(52)45-22-7-14-29-53(45)66/h1-38H. The molecule has 7 heteroatoms. The SMILES string of the molecule is FC(F)(F)c1ccc(N2c3cc4c(cc3B3c5sc6c(c5N(c5ccccc5)c5cccc2c53)-c2ccccc2C62c3ccccc3-c3ccccc32)-c2ccccc2C42c3ccccc3-c3ccccc32)cc1. The summed E-state index contributed by atoms with van der Waals surface area (Å²) in [5, 5.41) is 0. The number of hydrogen-bond donors (Lipinski definition) is 0. The number of halogens is 3. The number of nitrogens with zero attached hydrogens (tertiary/aromatic N) is 2. The maximum Gasteiger partial charge on any atom is 0.416 e. The Balaban J connectivity index is 1.02. The fourth-order valence-corrected chi connectivity index (χ4v) is 16.4. The molecule has 17 rings (SSSR count). The largest absolute Gasteiger partial charge is 0.416 e. The Hall–Kier alpha value is -8.65. The van der Waals surface area contributed by atoms with Crippen LogP contribution in [0.15, 0.2) is 231 Å². The van der Waals surface area contributed by atoms with Crippen molar-refractivity contribution >= 4 is 67.9 Å². The van der Waals surface area contributed by atoms with Gasteiger partial charge in [-0.25, -0.2) is 0 Å². The van der Waals surface area contributed by atoms with Gasteiger partial charge in [-0.15, -0.1) is 11.3 Å². The van der Waals surface area contributed by atoms with Crippen molar-refractivity contribution in [2.24, 2.45) is 0 Å². The van der Waals surface area contributed by atoms with E-state index < -0.39 is 22.6 Å². The van der Waals surface area contributed by atoms with E-state index in [0.717, 1.165) is 33.7 Å². The molecule has 0 fully saturated rings. The zero-order chi connectivity index (χ0) is 48.8. The molecule has 0 saturated carbocycles. The van der Waals surface area contributed by atoms with Gasteiger partial charge in [-0.1, -0.05) is 176 Å². The summed E-state index contributed by atoms with van der Waals surface area (Å²) >= 11 is 1.94. The monoisotopic (exact) mass is 970 g/mol. The summed E-state index contributed by atoms with van der Waals surface area (Å²) in [5.74, 6) is 0. The lowest BCUT2D eigenvalue weighted by Gasteiger charge is -2.44. The summed E-state index contributed by atoms with van der Waals surface area (Å²) in [7, 11) is 0. The molecule has 2 spiro atoms. The van der Waals surface area contributed by atoms with E-state index >= 15 is 0 Å². The third kappa shape index (κ3) is 4.77. The van der Waals surface area contributed by atoms with Crippen LogP contribution in [-0.4, -0.2) is 6.71 Å². The van der Waals surface area contributed by atoms with Crippen molar-refractivity contribution in [2.45, 2.75) is 17.0 Å². The van der Waals surface area contributed by atoms with Gasteiger partial charge in [0, 0.05) is 43.7 Å². The first kappa shape index (κ1) is 40.9. The maximum atomic E-state index is 14.5. The number of fused-ring (bicyclic) bond motifs is 25. The molecule has 0 N–H and O–H groups in total. The van der Waals surface area contributed by atoms with Gasteiger partial charge in [0.15, 0.2) is 0 Å². The number of thiophene rings is 1. The van der Waals surface area contributed by atoms with Gasteiger partial charge in [0.05, 0.1) is 22.1 Å². The Bertz CT molecular complexity index is 4200. The lowest BCUT2D eigenvalue weighted by atomic mass is 9.36. The predicted octanol–water partition coefficient (Wildman–Crippen LogP) is 15.5. The van der Waals surface area contributed by atoms with Crippen LogP contribution in [0.5, 0.6) is 0 Å². The molecule has 2 aliphatic heterocycles. The molecule has 0 amide bonds. The molecule has 0 unspecified atom stereocenters. The van der Waals surface area contributed by atoms with E-state index in [1.807, 2.05) is 11.3 Å². The van der Waals surface area contributed by atoms with Crippen LogP contribution < -0.4 is 25.5 Å². The highest BCUT2D eigenvalue weighted by Crippen LogP contribution is 2.68. The fraction of sp³-hybridized carbons (Fsp3) is 0.0448. The first-order valence-electron chi connectivity index (χ1n) is 25.3. The van der Waals surface area contributed by atoms with Crippen molar-refractivity contribution in [3.63, 3.8) is 0 Å². The summed E-state index contributed by atoms with van der Waals surface area (Å²) < 4.78 is 44.6. The lowest BCUT2D eigenvalue weighted by molar-refractivity contribution is -0.137. The van der Waals surface area contributed by atoms with E-state index in [0.29, 0.717) is 5.69 Å². The molecule has 2 nitrogen and oxygen atoms in total.